The number of piperidine rings is 1. The summed E-state index contributed by atoms with van der Waals surface area (Å²) >= 11 is 0. The molecule has 0 aliphatic carbocycles. The number of carboxylic acid groups (broad SMARTS) is 1. The van der Waals surface area contributed by atoms with Gasteiger partial charge in [0.15, 0.2) is 0 Å². The van der Waals surface area contributed by atoms with Crippen LogP contribution in [0.3, 0.4) is 0 Å². The van der Waals surface area contributed by atoms with Crippen molar-refractivity contribution in [3.63, 3.8) is 0 Å². The van der Waals surface area contributed by atoms with E-state index in [1.807, 2.05) is 23.1 Å². The summed E-state index contributed by atoms with van der Waals surface area (Å²) in [4.78, 5) is 25.7. The number of hydrogen-bond acceptors (Lipinski definition) is 3. The number of likely N-dealkylation sites (tertiary alicyclic amines) is 1. The second kappa shape index (κ2) is 7.29. The van der Waals surface area contributed by atoms with Crippen LogP contribution in [-0.4, -0.2) is 38.2 Å². The van der Waals surface area contributed by atoms with Crippen LogP contribution in [0.5, 0.6) is 0 Å². The van der Waals surface area contributed by atoms with E-state index in [1.54, 1.807) is 12.3 Å². The zero-order valence-corrected chi connectivity index (χ0v) is 13.5. The lowest BCUT2D eigenvalue weighted by Gasteiger charge is -2.36. The molecule has 1 amide bonds. The first-order valence-electron chi connectivity index (χ1n) is 8.26. The van der Waals surface area contributed by atoms with E-state index in [1.165, 1.54) is 4.68 Å². The molecule has 0 bridgehead atoms. The Labute approximate surface area is 140 Å². The van der Waals surface area contributed by atoms with Gasteiger partial charge in [-0.1, -0.05) is 30.3 Å². The molecule has 0 saturated carbocycles. The number of hydrogen-bond donors (Lipinski definition) is 1. The predicted molar refractivity (Wildman–Crippen MR) is 88.6 cm³/mol. The third-order valence-electron chi connectivity index (χ3n) is 4.42. The van der Waals surface area contributed by atoms with E-state index in [9.17, 15) is 9.59 Å². The Morgan fingerprint density at radius 2 is 1.96 bits per heavy atom. The summed E-state index contributed by atoms with van der Waals surface area (Å²) < 4.78 is 1.49. The Hall–Kier alpha value is -2.63. The Morgan fingerprint density at radius 3 is 2.71 bits per heavy atom. The van der Waals surface area contributed by atoms with E-state index in [0.29, 0.717) is 12.2 Å². The Balaban J connectivity index is 1.82. The predicted octanol–water partition coefficient (Wildman–Crippen LogP) is 2.73. The zero-order valence-electron chi connectivity index (χ0n) is 13.5. The Bertz CT molecular complexity index is 711. The molecule has 1 aliphatic heterocycles. The van der Waals surface area contributed by atoms with Crippen molar-refractivity contribution in [2.24, 2.45) is 0 Å². The highest BCUT2D eigenvalue weighted by Crippen LogP contribution is 2.31. The van der Waals surface area contributed by atoms with Gasteiger partial charge >= 0.3 is 5.97 Å². The van der Waals surface area contributed by atoms with Crippen LogP contribution >= 0.6 is 0 Å². The summed E-state index contributed by atoms with van der Waals surface area (Å²) in [6.07, 6.45) is 4.53. The van der Waals surface area contributed by atoms with Gasteiger partial charge in [-0.2, -0.15) is 5.10 Å². The minimum Gasteiger partial charge on any atom is -0.481 e. The summed E-state index contributed by atoms with van der Waals surface area (Å²) in [7, 11) is 0. The number of aromatic nitrogens is 2. The van der Waals surface area contributed by atoms with Gasteiger partial charge in [-0.25, -0.2) is 0 Å². The lowest BCUT2D eigenvalue weighted by Crippen LogP contribution is -2.39. The molecule has 1 aromatic heterocycles. The minimum atomic E-state index is -0.899. The second-order valence-electron chi connectivity index (χ2n) is 6.00. The Kier molecular flexibility index (Phi) is 4.93. The van der Waals surface area contributed by atoms with E-state index in [0.717, 1.165) is 24.8 Å². The number of rotatable bonds is 5. The molecule has 24 heavy (non-hydrogen) atoms. The fourth-order valence-electron chi connectivity index (χ4n) is 3.24. The smallest absolute Gasteiger partial charge is 0.305 e. The van der Waals surface area contributed by atoms with Crippen molar-refractivity contribution in [2.45, 2.75) is 38.3 Å². The quantitative estimate of drug-likeness (QED) is 0.916. The average Bonchev–Trinajstić information content (AvgIpc) is 3.08. The molecule has 0 radical (unpaired) electrons. The number of carbonyl (C=O) groups is 2. The third kappa shape index (κ3) is 3.48. The number of nitrogens with zero attached hydrogens (tertiary/aromatic N) is 3. The summed E-state index contributed by atoms with van der Waals surface area (Å²) in [5, 5.41) is 13.0. The van der Waals surface area contributed by atoms with E-state index in [4.69, 9.17) is 5.11 Å². The molecule has 1 fully saturated rings. The van der Waals surface area contributed by atoms with Crippen molar-refractivity contribution in [1.29, 1.82) is 0 Å². The number of amides is 1. The molecule has 126 valence electrons. The van der Waals surface area contributed by atoms with Crippen LogP contribution in [-0.2, 0) is 11.3 Å². The molecule has 2 heterocycles. The Morgan fingerprint density at radius 1 is 1.17 bits per heavy atom. The lowest BCUT2D eigenvalue weighted by molar-refractivity contribution is -0.137. The van der Waals surface area contributed by atoms with Gasteiger partial charge in [-0.15, -0.1) is 0 Å². The molecule has 1 unspecified atom stereocenters. The number of benzene rings is 1. The molecule has 6 heteroatoms. The van der Waals surface area contributed by atoms with Crippen LogP contribution in [0.4, 0.5) is 0 Å². The molecular formula is C18H21N3O3. The molecule has 1 aliphatic rings. The molecule has 0 spiro atoms. The molecular weight excluding hydrogens is 306 g/mol. The first kappa shape index (κ1) is 16.2. The summed E-state index contributed by atoms with van der Waals surface area (Å²) in [6.45, 7) is 0.912. The van der Waals surface area contributed by atoms with Crippen molar-refractivity contribution < 1.29 is 14.7 Å². The fourth-order valence-corrected chi connectivity index (χ4v) is 3.24. The van der Waals surface area contributed by atoms with Gasteiger partial charge in [0.2, 0.25) is 0 Å². The van der Waals surface area contributed by atoms with Crippen LogP contribution in [0.2, 0.25) is 0 Å². The van der Waals surface area contributed by atoms with Crippen LogP contribution in [0.25, 0.3) is 0 Å². The number of carboxylic acids is 1. The average molecular weight is 327 g/mol. The highest BCUT2D eigenvalue weighted by Gasteiger charge is 2.30. The van der Waals surface area contributed by atoms with Crippen molar-refractivity contribution in [3.05, 3.63) is 53.9 Å². The fraction of sp³-hybridized carbons (Fsp3) is 0.389. The van der Waals surface area contributed by atoms with Gasteiger partial charge in [0.1, 0.15) is 5.69 Å². The van der Waals surface area contributed by atoms with E-state index >= 15 is 0 Å². The van der Waals surface area contributed by atoms with Crippen molar-refractivity contribution >= 4 is 11.9 Å². The second-order valence-corrected chi connectivity index (χ2v) is 6.00. The summed E-state index contributed by atoms with van der Waals surface area (Å²) in [5.74, 6) is -0.976. The van der Waals surface area contributed by atoms with E-state index in [2.05, 4.69) is 17.2 Å². The zero-order chi connectivity index (χ0) is 16.9. The van der Waals surface area contributed by atoms with Crippen molar-refractivity contribution in [3.8, 4) is 0 Å². The molecule has 6 nitrogen and oxygen atoms in total. The lowest BCUT2D eigenvalue weighted by atomic mass is 9.95. The van der Waals surface area contributed by atoms with Gasteiger partial charge in [-0.05, 0) is 30.9 Å². The minimum absolute atomic E-state index is 0.0515. The number of aryl methyl sites for hydroxylation is 1. The topological polar surface area (TPSA) is 75.4 Å². The van der Waals surface area contributed by atoms with E-state index < -0.39 is 5.97 Å². The molecule has 1 saturated heterocycles. The SMILES string of the molecule is O=C(O)CCn1nccc1C(=O)N1CCCCC1c1ccccc1. The number of carbonyl (C=O) groups excluding carboxylic acids is 1. The third-order valence-corrected chi connectivity index (χ3v) is 4.42. The van der Waals surface area contributed by atoms with Gasteiger partial charge in [0, 0.05) is 12.7 Å². The molecule has 1 aromatic carbocycles. The van der Waals surface area contributed by atoms with Gasteiger partial charge in [0.05, 0.1) is 19.0 Å². The van der Waals surface area contributed by atoms with Crippen LogP contribution in [0.1, 0.15) is 47.8 Å². The first-order valence-corrected chi connectivity index (χ1v) is 8.26. The van der Waals surface area contributed by atoms with Crippen LogP contribution < -0.4 is 0 Å². The summed E-state index contributed by atoms with van der Waals surface area (Å²) in [6, 6.07) is 11.8. The van der Waals surface area contributed by atoms with Crippen molar-refractivity contribution in [1.82, 2.24) is 14.7 Å². The largest absolute Gasteiger partial charge is 0.481 e. The van der Waals surface area contributed by atoms with Crippen molar-refractivity contribution in [2.75, 3.05) is 6.54 Å². The number of aliphatic carboxylic acids is 1. The van der Waals surface area contributed by atoms with Gasteiger partial charge in [0.25, 0.3) is 5.91 Å². The van der Waals surface area contributed by atoms with Crippen LogP contribution in [0.15, 0.2) is 42.6 Å². The standard InChI is InChI=1S/C18H21N3O3/c22-17(23)10-13-21-16(9-11-19-21)18(24)20-12-5-4-8-15(20)14-6-2-1-3-7-14/h1-3,6-7,9,11,15H,4-5,8,10,12-13H2,(H,22,23). The molecule has 1 N–H and O–H groups in total. The van der Waals surface area contributed by atoms with Crippen LogP contribution in [0, 0.1) is 0 Å². The highest BCUT2D eigenvalue weighted by molar-refractivity contribution is 5.93. The molecule has 1 atom stereocenters. The summed E-state index contributed by atoms with van der Waals surface area (Å²) in [5.41, 5.74) is 1.60. The van der Waals surface area contributed by atoms with Gasteiger partial charge in [-0.3, -0.25) is 14.3 Å². The maximum atomic E-state index is 13.0. The highest BCUT2D eigenvalue weighted by atomic mass is 16.4. The first-order chi connectivity index (χ1) is 11.7. The van der Waals surface area contributed by atoms with Gasteiger partial charge < -0.3 is 10.0 Å². The van der Waals surface area contributed by atoms with E-state index in [-0.39, 0.29) is 24.9 Å². The normalized spacial score (nSPS) is 17.7. The molecule has 2 aromatic rings. The maximum absolute atomic E-state index is 13.0. The molecule has 3 rings (SSSR count). The maximum Gasteiger partial charge on any atom is 0.305 e. The monoisotopic (exact) mass is 327 g/mol.